The van der Waals surface area contributed by atoms with E-state index in [4.69, 9.17) is 9.47 Å². The summed E-state index contributed by atoms with van der Waals surface area (Å²) in [5, 5.41) is 11.9. The highest BCUT2D eigenvalue weighted by Gasteiger charge is 2.27. The van der Waals surface area contributed by atoms with E-state index in [1.54, 1.807) is 56.7 Å². The van der Waals surface area contributed by atoms with E-state index in [9.17, 15) is 14.9 Å². The Hall–Kier alpha value is -3.33. The second kappa shape index (κ2) is 9.23. The minimum absolute atomic E-state index is 0.300. The number of amides is 1. The number of methoxy groups -OCH3 is 2. The van der Waals surface area contributed by atoms with Crippen molar-refractivity contribution in [2.75, 3.05) is 20.8 Å². The van der Waals surface area contributed by atoms with Crippen LogP contribution < -0.4 is 14.8 Å². The van der Waals surface area contributed by atoms with Crippen molar-refractivity contribution in [3.8, 4) is 17.6 Å². The quantitative estimate of drug-likeness (QED) is 0.582. The molecule has 2 rings (SSSR count). The molecule has 0 fully saturated rings. The van der Waals surface area contributed by atoms with Crippen LogP contribution in [-0.2, 0) is 11.2 Å². The van der Waals surface area contributed by atoms with Crippen molar-refractivity contribution >= 4 is 11.7 Å². The van der Waals surface area contributed by atoms with Gasteiger partial charge < -0.3 is 14.8 Å². The standard InChI is InChI=1S/C20H20N2O4/c1-25-17-9-8-14(12-18(17)26-2)10-11-22-20(24)16(13-21)19(23)15-6-4-3-5-7-15/h3-9,12,16H,10-11H2,1-2H3,(H,22,24). The van der Waals surface area contributed by atoms with Crippen LogP contribution in [0.25, 0.3) is 0 Å². The lowest BCUT2D eigenvalue weighted by Crippen LogP contribution is -2.35. The van der Waals surface area contributed by atoms with Crippen LogP contribution in [0.5, 0.6) is 11.5 Å². The first kappa shape index (κ1) is 19.0. The van der Waals surface area contributed by atoms with Gasteiger partial charge >= 0.3 is 0 Å². The smallest absolute Gasteiger partial charge is 0.245 e. The van der Waals surface area contributed by atoms with Gasteiger partial charge in [-0.2, -0.15) is 5.26 Å². The van der Waals surface area contributed by atoms with Gasteiger partial charge in [-0.05, 0) is 24.1 Å². The molecule has 0 saturated carbocycles. The number of ketones is 1. The molecule has 0 aliphatic carbocycles. The number of nitrogens with zero attached hydrogens (tertiary/aromatic N) is 1. The summed E-state index contributed by atoms with van der Waals surface area (Å²) >= 11 is 0. The van der Waals surface area contributed by atoms with Crippen molar-refractivity contribution in [1.29, 1.82) is 5.26 Å². The Morgan fingerprint density at radius 1 is 1.08 bits per heavy atom. The van der Waals surface area contributed by atoms with Crippen LogP contribution in [0.1, 0.15) is 15.9 Å². The van der Waals surface area contributed by atoms with Crippen LogP contribution in [0.2, 0.25) is 0 Å². The third kappa shape index (κ3) is 4.61. The van der Waals surface area contributed by atoms with E-state index in [1.165, 1.54) is 0 Å². The van der Waals surface area contributed by atoms with Crippen molar-refractivity contribution in [3.63, 3.8) is 0 Å². The van der Waals surface area contributed by atoms with Gasteiger partial charge in [-0.25, -0.2) is 0 Å². The molecule has 1 amide bonds. The second-order valence-corrected chi connectivity index (χ2v) is 5.52. The van der Waals surface area contributed by atoms with E-state index < -0.39 is 17.6 Å². The number of nitriles is 1. The number of Topliss-reactive ketones (excluding diaryl/α,β-unsaturated/α-hetero) is 1. The molecular weight excluding hydrogens is 332 g/mol. The van der Waals surface area contributed by atoms with Gasteiger partial charge in [-0.1, -0.05) is 36.4 Å². The summed E-state index contributed by atoms with van der Waals surface area (Å²) in [5.74, 6) is -1.23. The number of hydrogen-bond donors (Lipinski definition) is 1. The average Bonchev–Trinajstić information content (AvgIpc) is 2.69. The molecule has 134 valence electrons. The number of carbonyl (C=O) groups is 2. The first-order valence-electron chi connectivity index (χ1n) is 8.08. The van der Waals surface area contributed by atoms with E-state index in [1.807, 2.05) is 12.1 Å². The summed E-state index contributed by atoms with van der Waals surface area (Å²) in [4.78, 5) is 24.5. The van der Waals surface area contributed by atoms with Gasteiger partial charge in [-0.3, -0.25) is 9.59 Å². The van der Waals surface area contributed by atoms with Crippen LogP contribution in [-0.4, -0.2) is 32.5 Å². The molecule has 0 radical (unpaired) electrons. The predicted molar refractivity (Wildman–Crippen MR) is 96.1 cm³/mol. The third-order valence-corrected chi connectivity index (χ3v) is 3.87. The van der Waals surface area contributed by atoms with Crippen LogP contribution in [0.4, 0.5) is 0 Å². The average molecular weight is 352 g/mol. The zero-order valence-electron chi connectivity index (χ0n) is 14.7. The summed E-state index contributed by atoms with van der Waals surface area (Å²) in [6, 6.07) is 15.6. The van der Waals surface area contributed by atoms with Gasteiger partial charge in [0.2, 0.25) is 5.91 Å². The summed E-state index contributed by atoms with van der Waals surface area (Å²) < 4.78 is 10.4. The van der Waals surface area contributed by atoms with E-state index >= 15 is 0 Å². The highest BCUT2D eigenvalue weighted by molar-refractivity contribution is 6.12. The van der Waals surface area contributed by atoms with E-state index in [0.29, 0.717) is 30.0 Å². The third-order valence-electron chi connectivity index (χ3n) is 3.87. The van der Waals surface area contributed by atoms with Crippen molar-refractivity contribution in [1.82, 2.24) is 5.32 Å². The van der Waals surface area contributed by atoms with Gasteiger partial charge in [0.15, 0.2) is 23.2 Å². The molecule has 2 aromatic carbocycles. The molecule has 1 atom stereocenters. The van der Waals surface area contributed by atoms with Crippen molar-refractivity contribution < 1.29 is 19.1 Å². The molecule has 1 N–H and O–H groups in total. The normalized spacial score (nSPS) is 11.1. The zero-order chi connectivity index (χ0) is 18.9. The summed E-state index contributed by atoms with van der Waals surface area (Å²) in [6.07, 6.45) is 0.532. The minimum Gasteiger partial charge on any atom is -0.493 e. The predicted octanol–water partition coefficient (Wildman–Crippen LogP) is 2.39. The lowest BCUT2D eigenvalue weighted by molar-refractivity contribution is -0.122. The monoisotopic (exact) mass is 352 g/mol. The van der Waals surface area contributed by atoms with Crippen LogP contribution in [0.3, 0.4) is 0 Å². The number of hydrogen-bond acceptors (Lipinski definition) is 5. The molecule has 0 saturated heterocycles. The maximum Gasteiger partial charge on any atom is 0.245 e. The fraction of sp³-hybridized carbons (Fsp3) is 0.250. The molecular formula is C20H20N2O4. The molecule has 6 heteroatoms. The Labute approximate surface area is 152 Å². The topological polar surface area (TPSA) is 88.4 Å². The summed E-state index contributed by atoms with van der Waals surface area (Å²) in [7, 11) is 3.11. The van der Waals surface area contributed by atoms with Gasteiger partial charge in [0, 0.05) is 12.1 Å². The highest BCUT2D eigenvalue weighted by atomic mass is 16.5. The number of benzene rings is 2. The Bertz CT molecular complexity index is 812. The Kier molecular flexibility index (Phi) is 6.75. The highest BCUT2D eigenvalue weighted by Crippen LogP contribution is 2.27. The number of ether oxygens (including phenoxy) is 2. The minimum atomic E-state index is -1.36. The van der Waals surface area contributed by atoms with Crippen molar-refractivity contribution in [2.24, 2.45) is 5.92 Å². The molecule has 6 nitrogen and oxygen atoms in total. The van der Waals surface area contributed by atoms with E-state index in [2.05, 4.69) is 5.32 Å². The van der Waals surface area contributed by atoms with E-state index in [0.717, 1.165) is 5.56 Å². The molecule has 0 aliphatic rings. The zero-order valence-corrected chi connectivity index (χ0v) is 14.7. The first-order chi connectivity index (χ1) is 12.6. The Morgan fingerprint density at radius 3 is 2.38 bits per heavy atom. The molecule has 0 bridgehead atoms. The summed E-state index contributed by atoms with van der Waals surface area (Å²) in [5.41, 5.74) is 1.28. The molecule has 0 spiro atoms. The maximum absolute atomic E-state index is 12.3. The molecule has 1 unspecified atom stereocenters. The van der Waals surface area contributed by atoms with Gasteiger partial charge in [0.25, 0.3) is 0 Å². The Balaban J connectivity index is 1.95. The van der Waals surface area contributed by atoms with E-state index in [-0.39, 0.29) is 0 Å². The second-order valence-electron chi connectivity index (χ2n) is 5.52. The van der Waals surface area contributed by atoms with Crippen LogP contribution >= 0.6 is 0 Å². The molecule has 0 heterocycles. The van der Waals surface area contributed by atoms with Crippen LogP contribution in [0.15, 0.2) is 48.5 Å². The largest absolute Gasteiger partial charge is 0.493 e. The fourth-order valence-corrected chi connectivity index (χ4v) is 2.47. The molecule has 0 aliphatic heterocycles. The Morgan fingerprint density at radius 2 is 1.77 bits per heavy atom. The lowest BCUT2D eigenvalue weighted by atomic mass is 9.98. The van der Waals surface area contributed by atoms with Gasteiger partial charge in [0.1, 0.15) is 0 Å². The maximum atomic E-state index is 12.3. The first-order valence-corrected chi connectivity index (χ1v) is 8.08. The number of rotatable bonds is 8. The lowest BCUT2D eigenvalue weighted by Gasteiger charge is -2.11. The number of carbonyl (C=O) groups excluding carboxylic acids is 2. The molecule has 2 aromatic rings. The molecule has 26 heavy (non-hydrogen) atoms. The van der Waals surface area contributed by atoms with Crippen molar-refractivity contribution in [2.45, 2.75) is 6.42 Å². The van der Waals surface area contributed by atoms with Crippen molar-refractivity contribution in [3.05, 3.63) is 59.7 Å². The summed E-state index contributed by atoms with van der Waals surface area (Å²) in [6.45, 7) is 0.300. The van der Waals surface area contributed by atoms with Gasteiger partial charge in [-0.15, -0.1) is 0 Å². The SMILES string of the molecule is COc1ccc(CCNC(=O)C(C#N)C(=O)c2ccccc2)cc1OC. The molecule has 0 aromatic heterocycles. The fourth-order valence-electron chi connectivity index (χ4n) is 2.47. The number of nitrogens with one attached hydrogen (secondary N) is 1. The van der Waals surface area contributed by atoms with Gasteiger partial charge in [0.05, 0.1) is 20.3 Å². The van der Waals surface area contributed by atoms with Crippen LogP contribution in [0, 0.1) is 17.2 Å².